The summed E-state index contributed by atoms with van der Waals surface area (Å²) in [7, 11) is -2.23. The number of carboxylic acids is 3. The van der Waals surface area contributed by atoms with Crippen LogP contribution < -0.4 is 0 Å². The van der Waals surface area contributed by atoms with Crippen LogP contribution in [0.15, 0.2) is 0 Å². The van der Waals surface area contributed by atoms with Crippen LogP contribution in [0.25, 0.3) is 0 Å². The van der Waals surface area contributed by atoms with Crippen LogP contribution in [0.1, 0.15) is 116 Å². The molecule has 0 aromatic carbocycles. The van der Waals surface area contributed by atoms with Crippen molar-refractivity contribution in [2.45, 2.75) is 116 Å². The molecule has 0 radical (unpaired) electrons. The molecule has 7 heteroatoms. The summed E-state index contributed by atoms with van der Waals surface area (Å²) in [6, 6.07) is 0. The second kappa shape index (κ2) is 20.4. The van der Waals surface area contributed by atoms with Crippen molar-refractivity contribution in [3.63, 3.8) is 0 Å². The molecule has 0 aromatic heterocycles. The maximum atomic E-state index is 11.1. The van der Waals surface area contributed by atoms with Crippen LogP contribution in [0.3, 0.4) is 0 Å². The Balaban J connectivity index is 4.15. The Labute approximate surface area is 195 Å². The molecule has 0 bridgehead atoms. The van der Waals surface area contributed by atoms with Crippen LogP contribution in [0.2, 0.25) is 0 Å². The minimum atomic E-state index is -2.23. The summed E-state index contributed by atoms with van der Waals surface area (Å²) in [4.78, 5) is 33.3. The number of carbonyl (C=O) groups is 3. The van der Waals surface area contributed by atoms with Gasteiger partial charge in [0.15, 0.2) is 0 Å². The zero-order chi connectivity index (χ0) is 24.1. The molecule has 0 aromatic rings. The van der Waals surface area contributed by atoms with Gasteiger partial charge in [0.1, 0.15) is 0 Å². The van der Waals surface area contributed by atoms with Gasteiger partial charge in [0.2, 0.25) is 0 Å². The van der Waals surface area contributed by atoms with Crippen molar-refractivity contribution < 1.29 is 29.7 Å². The zero-order valence-corrected chi connectivity index (χ0v) is 21.4. The standard InChI is InChI=1S/C25H49O6P/c1-2-3-4-5-6-7-8-9-10-11-12-13-14-15-19-32(20-16-23(26)27,21-17-24(28)29)22-18-25(30)31/h32H,2-22H2,1H3,(H,26,27)(H,28,29)(H,30,31). The van der Waals surface area contributed by atoms with Crippen molar-refractivity contribution in [3.05, 3.63) is 0 Å². The Kier molecular flexibility index (Phi) is 19.7. The van der Waals surface area contributed by atoms with E-state index < -0.39 is 25.2 Å². The summed E-state index contributed by atoms with van der Waals surface area (Å²) < 4.78 is 0. The number of aliphatic carboxylic acids is 3. The summed E-state index contributed by atoms with van der Waals surface area (Å²) in [6.45, 7) is 2.25. The van der Waals surface area contributed by atoms with E-state index in [1.165, 1.54) is 70.6 Å². The van der Waals surface area contributed by atoms with Gasteiger partial charge < -0.3 is 0 Å². The molecule has 0 aliphatic heterocycles. The Morgan fingerprint density at radius 2 is 0.750 bits per heavy atom. The monoisotopic (exact) mass is 476 g/mol. The van der Waals surface area contributed by atoms with Crippen molar-refractivity contribution in [1.82, 2.24) is 0 Å². The Morgan fingerprint density at radius 1 is 0.469 bits per heavy atom. The number of rotatable bonds is 24. The molecule has 0 amide bonds. The first-order valence-electron chi connectivity index (χ1n) is 13.0. The van der Waals surface area contributed by atoms with E-state index in [1.54, 1.807) is 0 Å². The number of hydrogen-bond donors (Lipinski definition) is 3. The van der Waals surface area contributed by atoms with Gasteiger partial charge >= 0.3 is 169 Å². The summed E-state index contributed by atoms with van der Waals surface area (Å²) in [5.74, 6) is -2.64. The van der Waals surface area contributed by atoms with Crippen LogP contribution in [0.5, 0.6) is 0 Å². The van der Waals surface area contributed by atoms with E-state index >= 15 is 0 Å². The van der Waals surface area contributed by atoms with Gasteiger partial charge in [0.25, 0.3) is 0 Å². The predicted molar refractivity (Wildman–Crippen MR) is 135 cm³/mol. The van der Waals surface area contributed by atoms with Gasteiger partial charge in [-0.2, -0.15) is 0 Å². The normalized spacial score (nSPS) is 12.0. The van der Waals surface area contributed by atoms with Gasteiger partial charge in [-0.1, -0.05) is 26.2 Å². The third kappa shape index (κ3) is 19.5. The molecule has 190 valence electrons. The van der Waals surface area contributed by atoms with E-state index in [-0.39, 0.29) is 19.3 Å². The van der Waals surface area contributed by atoms with E-state index in [2.05, 4.69) is 6.92 Å². The molecule has 0 spiro atoms. The van der Waals surface area contributed by atoms with Crippen LogP contribution in [0, 0.1) is 0 Å². The first-order chi connectivity index (χ1) is 15.3. The molecule has 0 fully saturated rings. The van der Waals surface area contributed by atoms with E-state index in [1.807, 2.05) is 0 Å². The molecule has 6 nitrogen and oxygen atoms in total. The molecular formula is C25H49O6P. The molecule has 0 saturated heterocycles. The quantitative estimate of drug-likeness (QED) is 0.106. The fraction of sp³-hybridized carbons (Fsp3) is 0.880. The first-order valence-corrected chi connectivity index (χ1v) is 15.8. The Hall–Kier alpha value is -1.16. The summed E-state index contributed by atoms with van der Waals surface area (Å²) in [6.07, 6.45) is 20.1. The Bertz CT molecular complexity index is 463. The second-order valence-corrected chi connectivity index (χ2v) is 14.5. The molecule has 0 aliphatic carbocycles. The van der Waals surface area contributed by atoms with Crippen LogP contribution >= 0.6 is 7.26 Å². The molecule has 0 saturated carbocycles. The predicted octanol–water partition coefficient (Wildman–Crippen LogP) is 6.64. The number of hydrogen-bond acceptors (Lipinski definition) is 3. The average Bonchev–Trinajstić information content (AvgIpc) is 2.74. The summed E-state index contributed by atoms with van der Waals surface area (Å²) in [5, 5.41) is 27.3. The fourth-order valence-electron chi connectivity index (χ4n) is 4.56. The van der Waals surface area contributed by atoms with Gasteiger partial charge in [-0.3, -0.25) is 0 Å². The topological polar surface area (TPSA) is 112 Å². The molecule has 0 aliphatic rings. The van der Waals surface area contributed by atoms with Gasteiger partial charge in [-0.25, -0.2) is 0 Å². The summed E-state index contributed by atoms with van der Waals surface area (Å²) in [5.41, 5.74) is 0. The summed E-state index contributed by atoms with van der Waals surface area (Å²) >= 11 is 0. The third-order valence-electron chi connectivity index (χ3n) is 6.67. The number of unbranched alkanes of at least 4 members (excludes halogenated alkanes) is 13. The molecule has 3 N–H and O–H groups in total. The zero-order valence-electron chi connectivity index (χ0n) is 20.4. The maximum absolute atomic E-state index is 11.1. The molecule has 0 rings (SSSR count). The van der Waals surface area contributed by atoms with Crippen LogP contribution in [-0.2, 0) is 14.4 Å². The van der Waals surface area contributed by atoms with Crippen molar-refractivity contribution in [2.24, 2.45) is 0 Å². The molecule has 0 heterocycles. The van der Waals surface area contributed by atoms with Crippen molar-refractivity contribution in [3.8, 4) is 0 Å². The molecular weight excluding hydrogens is 427 g/mol. The molecule has 0 unspecified atom stereocenters. The van der Waals surface area contributed by atoms with E-state index in [4.69, 9.17) is 15.3 Å². The Morgan fingerprint density at radius 3 is 1.03 bits per heavy atom. The molecule has 32 heavy (non-hydrogen) atoms. The van der Waals surface area contributed by atoms with Gasteiger partial charge in [-0.05, 0) is 0 Å². The number of carboxylic acid groups (broad SMARTS) is 3. The minimum absolute atomic E-state index is 0.0179. The van der Waals surface area contributed by atoms with Crippen LogP contribution in [0.4, 0.5) is 0 Å². The van der Waals surface area contributed by atoms with Crippen molar-refractivity contribution in [1.29, 1.82) is 0 Å². The van der Waals surface area contributed by atoms with E-state index in [0.717, 1.165) is 25.4 Å². The van der Waals surface area contributed by atoms with Gasteiger partial charge in [0, 0.05) is 0 Å². The van der Waals surface area contributed by atoms with E-state index in [9.17, 15) is 14.4 Å². The van der Waals surface area contributed by atoms with Crippen molar-refractivity contribution >= 4 is 25.2 Å². The SMILES string of the molecule is CCCCCCCCCCCCCCCC[PH](CCC(=O)O)(CCC(=O)O)CCC(=O)O. The molecule has 0 atom stereocenters. The third-order valence-corrected chi connectivity index (χ3v) is 12.0. The van der Waals surface area contributed by atoms with Gasteiger partial charge in [-0.15, -0.1) is 0 Å². The second-order valence-electron chi connectivity index (χ2n) is 9.53. The van der Waals surface area contributed by atoms with Crippen LogP contribution in [-0.4, -0.2) is 57.9 Å². The first kappa shape index (κ1) is 30.8. The van der Waals surface area contributed by atoms with Crippen molar-refractivity contribution in [2.75, 3.05) is 24.6 Å². The van der Waals surface area contributed by atoms with Gasteiger partial charge in [0.05, 0.1) is 0 Å². The average molecular weight is 477 g/mol. The van der Waals surface area contributed by atoms with E-state index in [0.29, 0.717) is 18.5 Å². The fourth-order valence-corrected chi connectivity index (χ4v) is 9.29.